The fourth-order valence-corrected chi connectivity index (χ4v) is 12.0. The fraction of sp³-hybridized carbons (Fsp3) is 0.345. The SMILES string of the molecule is CC(=O)OC1O[C@@H](CO[Si](c2ccccc2)(c2ccccc2)C(C)(C)C)C[C@@H]1[Se]c1ccccc1. The van der Waals surface area contributed by atoms with E-state index in [0.29, 0.717) is 6.61 Å². The zero-order valence-electron chi connectivity index (χ0n) is 20.8. The molecule has 3 aromatic carbocycles. The summed E-state index contributed by atoms with van der Waals surface area (Å²) in [4.78, 5) is 12.0. The molecule has 0 saturated carbocycles. The second kappa shape index (κ2) is 11.2. The van der Waals surface area contributed by atoms with E-state index in [-0.39, 0.29) is 36.9 Å². The van der Waals surface area contributed by atoms with Crippen molar-refractivity contribution in [2.75, 3.05) is 6.61 Å². The van der Waals surface area contributed by atoms with Gasteiger partial charge in [0.25, 0.3) is 0 Å². The quantitative estimate of drug-likeness (QED) is 0.312. The predicted octanol–water partition coefficient (Wildman–Crippen LogP) is 4.06. The molecule has 1 aliphatic heterocycles. The molecule has 0 aromatic heterocycles. The predicted molar refractivity (Wildman–Crippen MR) is 144 cm³/mol. The Balaban J connectivity index is 1.60. The van der Waals surface area contributed by atoms with E-state index in [0.717, 1.165) is 6.42 Å². The van der Waals surface area contributed by atoms with E-state index in [2.05, 4.69) is 106 Å². The Kier molecular flexibility index (Phi) is 8.30. The van der Waals surface area contributed by atoms with Crippen molar-refractivity contribution in [2.45, 2.75) is 56.4 Å². The molecular formula is C29H34O4SeSi. The van der Waals surface area contributed by atoms with Crippen LogP contribution in [0.15, 0.2) is 91.0 Å². The topological polar surface area (TPSA) is 44.8 Å². The first-order valence-electron chi connectivity index (χ1n) is 12.1. The van der Waals surface area contributed by atoms with Crippen LogP contribution < -0.4 is 14.8 Å². The second-order valence-electron chi connectivity index (χ2n) is 9.92. The van der Waals surface area contributed by atoms with Crippen LogP contribution in [0.2, 0.25) is 9.85 Å². The average Bonchev–Trinajstić information content (AvgIpc) is 3.21. The minimum atomic E-state index is -2.65. The summed E-state index contributed by atoms with van der Waals surface area (Å²) < 4.78 is 20.3. The normalized spacial score (nSPS) is 20.5. The first kappa shape index (κ1) is 25.9. The summed E-state index contributed by atoms with van der Waals surface area (Å²) in [6.07, 6.45) is 0.155. The van der Waals surface area contributed by atoms with Gasteiger partial charge in [-0.3, -0.25) is 0 Å². The van der Waals surface area contributed by atoms with Gasteiger partial charge >= 0.3 is 217 Å². The zero-order chi connectivity index (χ0) is 24.9. The average molecular weight is 554 g/mol. The molecule has 4 nitrogen and oxygen atoms in total. The number of carbonyl (C=O) groups is 1. The summed E-state index contributed by atoms with van der Waals surface area (Å²) >= 11 is 0.132. The molecule has 1 fully saturated rings. The van der Waals surface area contributed by atoms with Crippen LogP contribution >= 0.6 is 0 Å². The second-order valence-corrected chi connectivity index (χ2v) is 17.0. The third-order valence-corrected chi connectivity index (χ3v) is 14.0. The molecule has 1 saturated heterocycles. The van der Waals surface area contributed by atoms with Crippen molar-refractivity contribution in [3.05, 3.63) is 91.0 Å². The maximum atomic E-state index is 11.8. The Labute approximate surface area is 216 Å². The monoisotopic (exact) mass is 554 g/mol. The van der Waals surface area contributed by atoms with E-state index in [1.54, 1.807) is 0 Å². The Bertz CT molecular complexity index is 1050. The zero-order valence-corrected chi connectivity index (χ0v) is 23.6. The molecule has 1 heterocycles. The molecule has 6 heteroatoms. The van der Waals surface area contributed by atoms with Crippen LogP contribution in [0.5, 0.6) is 0 Å². The van der Waals surface area contributed by atoms with Crippen LogP contribution in [-0.2, 0) is 18.7 Å². The molecule has 0 N–H and O–H groups in total. The van der Waals surface area contributed by atoms with Crippen LogP contribution in [0.3, 0.4) is 0 Å². The van der Waals surface area contributed by atoms with Crippen LogP contribution in [0.1, 0.15) is 34.1 Å². The first-order valence-corrected chi connectivity index (χ1v) is 15.8. The molecular weight excluding hydrogens is 519 g/mol. The minimum absolute atomic E-state index is 0.100. The summed E-state index contributed by atoms with van der Waals surface area (Å²) in [5, 5.41) is 2.40. The molecule has 0 radical (unpaired) electrons. The van der Waals surface area contributed by atoms with E-state index in [4.69, 9.17) is 13.9 Å². The Morgan fingerprint density at radius 3 is 1.91 bits per heavy atom. The summed E-state index contributed by atoms with van der Waals surface area (Å²) in [7, 11) is -2.65. The first-order chi connectivity index (χ1) is 16.8. The number of hydrogen-bond donors (Lipinski definition) is 0. The van der Waals surface area contributed by atoms with Crippen molar-refractivity contribution in [2.24, 2.45) is 0 Å². The van der Waals surface area contributed by atoms with Crippen LogP contribution in [-0.4, -0.2) is 48.2 Å². The number of rotatable bonds is 8. The van der Waals surface area contributed by atoms with Gasteiger partial charge in [-0.2, -0.15) is 0 Å². The van der Waals surface area contributed by atoms with E-state index >= 15 is 0 Å². The van der Waals surface area contributed by atoms with Gasteiger partial charge in [0.15, 0.2) is 0 Å². The molecule has 184 valence electrons. The van der Waals surface area contributed by atoms with Gasteiger partial charge in [-0.05, 0) is 0 Å². The van der Waals surface area contributed by atoms with Gasteiger partial charge in [0.1, 0.15) is 0 Å². The third-order valence-electron chi connectivity index (χ3n) is 6.34. The van der Waals surface area contributed by atoms with E-state index in [9.17, 15) is 4.79 Å². The molecule has 4 rings (SSSR count). The summed E-state index contributed by atoms with van der Waals surface area (Å²) in [6.45, 7) is 8.74. The fourth-order valence-electron chi connectivity index (χ4n) is 4.83. The van der Waals surface area contributed by atoms with Gasteiger partial charge in [0, 0.05) is 0 Å². The summed E-state index contributed by atoms with van der Waals surface area (Å²) in [5.74, 6) is -0.308. The summed E-state index contributed by atoms with van der Waals surface area (Å²) in [5.41, 5.74) is 0. The number of esters is 1. The van der Waals surface area contributed by atoms with Crippen molar-refractivity contribution in [1.82, 2.24) is 0 Å². The van der Waals surface area contributed by atoms with Crippen LogP contribution in [0.25, 0.3) is 0 Å². The van der Waals surface area contributed by atoms with Crippen molar-refractivity contribution in [3.63, 3.8) is 0 Å². The van der Waals surface area contributed by atoms with Gasteiger partial charge in [-0.25, -0.2) is 0 Å². The summed E-state index contributed by atoms with van der Waals surface area (Å²) in [6, 6.07) is 31.7. The number of hydrogen-bond acceptors (Lipinski definition) is 4. The molecule has 0 spiro atoms. The molecule has 3 aromatic rings. The Hall–Kier alpha value is -2.21. The van der Waals surface area contributed by atoms with Gasteiger partial charge < -0.3 is 0 Å². The van der Waals surface area contributed by atoms with Crippen molar-refractivity contribution in [3.8, 4) is 0 Å². The maximum absolute atomic E-state index is 11.8. The Morgan fingerprint density at radius 2 is 1.43 bits per heavy atom. The van der Waals surface area contributed by atoms with Crippen molar-refractivity contribution < 1.29 is 18.7 Å². The molecule has 0 bridgehead atoms. The van der Waals surface area contributed by atoms with Crippen LogP contribution in [0.4, 0.5) is 0 Å². The standard InChI is InChI=1S/C29H34O4SeSi/c1-22(30)32-28-27(34-24-14-8-5-9-15-24)20-23(33-28)21-31-35(29(2,3)4,25-16-10-6-11-17-25)26-18-12-7-13-19-26/h5-19,23,27-28H,20-21H2,1-4H3/t23-,27+,28?/m1/s1. The molecule has 35 heavy (non-hydrogen) atoms. The van der Waals surface area contributed by atoms with Gasteiger partial charge in [-0.15, -0.1) is 0 Å². The molecule has 1 aliphatic rings. The van der Waals surface area contributed by atoms with Gasteiger partial charge in [0.05, 0.1) is 0 Å². The number of benzene rings is 3. The molecule has 0 aliphatic carbocycles. The third kappa shape index (κ3) is 5.96. The van der Waals surface area contributed by atoms with Gasteiger partial charge in [0.2, 0.25) is 0 Å². The molecule has 0 amide bonds. The number of ether oxygens (including phenoxy) is 2. The van der Waals surface area contributed by atoms with Crippen LogP contribution in [0, 0.1) is 0 Å². The van der Waals surface area contributed by atoms with Crippen molar-refractivity contribution in [1.29, 1.82) is 0 Å². The van der Waals surface area contributed by atoms with E-state index in [1.807, 2.05) is 6.07 Å². The molecule has 3 atom stereocenters. The van der Waals surface area contributed by atoms with E-state index in [1.165, 1.54) is 21.8 Å². The van der Waals surface area contributed by atoms with Gasteiger partial charge in [-0.1, -0.05) is 0 Å². The number of carbonyl (C=O) groups excluding carboxylic acids is 1. The molecule has 1 unspecified atom stereocenters. The Morgan fingerprint density at radius 1 is 0.914 bits per heavy atom. The van der Waals surface area contributed by atoms with E-state index < -0.39 is 14.6 Å². The van der Waals surface area contributed by atoms with Crippen molar-refractivity contribution >= 4 is 44.1 Å².